The van der Waals surface area contributed by atoms with Crippen LogP contribution in [0.2, 0.25) is 0 Å². The Labute approximate surface area is 221 Å². The van der Waals surface area contributed by atoms with Crippen molar-refractivity contribution in [1.29, 1.82) is 0 Å². The molecule has 198 valence electrons. The summed E-state index contributed by atoms with van der Waals surface area (Å²) < 4.78 is 0. The number of aliphatic hydroxyl groups excluding tert-OH is 1. The maximum absolute atomic E-state index is 13.0. The molecule has 7 heteroatoms. The normalized spacial score (nSPS) is 18.8. The van der Waals surface area contributed by atoms with Crippen LogP contribution in [0.1, 0.15) is 74.4 Å². The van der Waals surface area contributed by atoms with E-state index in [0.29, 0.717) is 11.1 Å². The number of amides is 1. The van der Waals surface area contributed by atoms with Gasteiger partial charge in [0.05, 0.1) is 6.61 Å². The van der Waals surface area contributed by atoms with Crippen molar-refractivity contribution in [3.8, 4) is 12.3 Å². The van der Waals surface area contributed by atoms with Crippen LogP contribution in [-0.2, 0) is 5.41 Å². The Morgan fingerprint density at radius 1 is 1.24 bits per heavy atom. The van der Waals surface area contributed by atoms with Crippen LogP contribution in [0.4, 0.5) is 5.69 Å². The number of terminal acetylenes is 1. The average molecular weight is 504 g/mol. The zero-order valence-corrected chi connectivity index (χ0v) is 22.7. The van der Waals surface area contributed by atoms with Crippen LogP contribution in [0.25, 0.3) is 5.57 Å². The first-order valence-electron chi connectivity index (χ1n) is 13.3. The van der Waals surface area contributed by atoms with E-state index in [9.17, 15) is 9.90 Å². The van der Waals surface area contributed by atoms with E-state index in [4.69, 9.17) is 6.42 Å². The number of carbonyl (C=O) groups is 1. The zero-order valence-electron chi connectivity index (χ0n) is 22.7. The number of piperazine rings is 1. The number of benzene rings is 1. The van der Waals surface area contributed by atoms with Gasteiger partial charge < -0.3 is 15.4 Å². The van der Waals surface area contributed by atoms with Gasteiger partial charge in [-0.1, -0.05) is 39.8 Å². The molecule has 3 N–H and O–H groups in total. The van der Waals surface area contributed by atoms with Gasteiger partial charge in [-0.25, -0.2) is 4.98 Å². The van der Waals surface area contributed by atoms with Crippen molar-refractivity contribution in [1.82, 2.24) is 19.8 Å². The fraction of sp³-hybridized carbons (Fsp3) is 0.533. The molecule has 1 aromatic carbocycles. The molecule has 2 aliphatic rings. The summed E-state index contributed by atoms with van der Waals surface area (Å²) >= 11 is 0. The smallest absolute Gasteiger partial charge is 0.291 e. The SMILES string of the molecule is C#Cc1c[nH]c(C(=O)Nc2ccc(C(C)(C)CN3CCN(CCO)CC3)cc2C2=CCC(C)(C)CC2)n1. The summed E-state index contributed by atoms with van der Waals surface area (Å²) in [6, 6.07) is 6.45. The molecule has 1 aliphatic carbocycles. The van der Waals surface area contributed by atoms with Crippen molar-refractivity contribution in [3.05, 3.63) is 53.1 Å². The standard InChI is InChI=1S/C30H41N5O2/c1-6-24-20-31-27(32-24)28(37)33-26-8-7-23(19-25(26)22-9-11-29(2,3)12-10-22)30(4,5)21-35-15-13-34(14-16-35)17-18-36/h1,7-9,19-20,36H,10-18,21H2,2-5H3,(H,31,32)(H,33,37). The summed E-state index contributed by atoms with van der Waals surface area (Å²) in [5.74, 6) is 2.37. The Bertz CT molecular complexity index is 1180. The lowest BCUT2D eigenvalue weighted by molar-refractivity contribution is 0.0996. The number of anilines is 1. The van der Waals surface area contributed by atoms with Crippen LogP contribution in [0.3, 0.4) is 0 Å². The van der Waals surface area contributed by atoms with E-state index in [-0.39, 0.29) is 23.8 Å². The second kappa shape index (κ2) is 11.2. The van der Waals surface area contributed by atoms with Gasteiger partial charge in [0.1, 0.15) is 5.69 Å². The minimum absolute atomic E-state index is 0.0619. The third-order valence-corrected chi connectivity index (χ3v) is 7.81. The number of imidazole rings is 1. The van der Waals surface area contributed by atoms with Gasteiger partial charge >= 0.3 is 0 Å². The highest BCUT2D eigenvalue weighted by molar-refractivity contribution is 6.03. The summed E-state index contributed by atoms with van der Waals surface area (Å²) in [4.78, 5) is 24.9. The summed E-state index contributed by atoms with van der Waals surface area (Å²) in [6.45, 7) is 15.1. The van der Waals surface area contributed by atoms with Gasteiger partial charge in [0, 0.05) is 62.1 Å². The van der Waals surface area contributed by atoms with Crippen molar-refractivity contribution in [3.63, 3.8) is 0 Å². The summed E-state index contributed by atoms with van der Waals surface area (Å²) in [7, 11) is 0. The first-order chi connectivity index (χ1) is 17.6. The van der Waals surface area contributed by atoms with Crippen LogP contribution in [0, 0.1) is 17.8 Å². The Morgan fingerprint density at radius 2 is 1.97 bits per heavy atom. The Balaban J connectivity index is 1.58. The quantitative estimate of drug-likeness (QED) is 0.472. The third kappa shape index (κ3) is 6.70. The van der Waals surface area contributed by atoms with Crippen molar-refractivity contribution in [2.75, 3.05) is 51.2 Å². The van der Waals surface area contributed by atoms with Crippen LogP contribution in [0.5, 0.6) is 0 Å². The van der Waals surface area contributed by atoms with Gasteiger partial charge in [-0.05, 0) is 53.9 Å². The monoisotopic (exact) mass is 503 g/mol. The molecule has 1 amide bonds. The molecule has 1 aromatic heterocycles. The Hall–Kier alpha value is -2.92. The van der Waals surface area contributed by atoms with Gasteiger partial charge in [0.25, 0.3) is 5.91 Å². The number of carbonyl (C=O) groups excluding carboxylic acids is 1. The largest absolute Gasteiger partial charge is 0.395 e. The topological polar surface area (TPSA) is 84.5 Å². The van der Waals surface area contributed by atoms with Crippen LogP contribution < -0.4 is 5.32 Å². The van der Waals surface area contributed by atoms with E-state index in [1.807, 2.05) is 6.07 Å². The van der Waals surface area contributed by atoms with E-state index in [1.165, 1.54) is 11.1 Å². The molecule has 0 bridgehead atoms. The van der Waals surface area contributed by atoms with Crippen molar-refractivity contribution in [2.45, 2.75) is 52.4 Å². The lowest BCUT2D eigenvalue weighted by atomic mass is 9.75. The fourth-order valence-electron chi connectivity index (χ4n) is 5.32. The van der Waals surface area contributed by atoms with E-state index in [1.54, 1.807) is 6.20 Å². The highest BCUT2D eigenvalue weighted by Crippen LogP contribution is 2.41. The fourth-order valence-corrected chi connectivity index (χ4v) is 5.32. The molecule has 0 saturated carbocycles. The van der Waals surface area contributed by atoms with E-state index in [0.717, 1.165) is 69.8 Å². The van der Waals surface area contributed by atoms with Gasteiger partial charge in [-0.15, -0.1) is 6.42 Å². The predicted molar refractivity (Wildman–Crippen MR) is 150 cm³/mol. The summed E-state index contributed by atoms with van der Waals surface area (Å²) in [5.41, 5.74) is 5.08. The number of nitrogens with zero attached hydrogens (tertiary/aromatic N) is 3. The number of H-pyrrole nitrogens is 1. The molecule has 1 saturated heterocycles. The Morgan fingerprint density at radius 3 is 2.59 bits per heavy atom. The number of nitrogens with one attached hydrogen (secondary N) is 2. The molecular formula is C30H41N5O2. The number of hydrogen-bond donors (Lipinski definition) is 3. The molecule has 1 fully saturated rings. The second-order valence-electron chi connectivity index (χ2n) is 11.8. The first kappa shape index (κ1) is 27.1. The second-order valence-corrected chi connectivity index (χ2v) is 11.8. The molecule has 0 unspecified atom stereocenters. The van der Waals surface area contributed by atoms with Gasteiger partial charge in [0.15, 0.2) is 5.82 Å². The summed E-state index contributed by atoms with van der Waals surface area (Å²) in [6.07, 6.45) is 12.4. The maximum atomic E-state index is 13.0. The van der Waals surface area contributed by atoms with E-state index < -0.39 is 0 Å². The molecule has 0 spiro atoms. The van der Waals surface area contributed by atoms with Crippen molar-refractivity contribution >= 4 is 17.2 Å². The molecule has 2 heterocycles. The van der Waals surface area contributed by atoms with Crippen LogP contribution >= 0.6 is 0 Å². The molecule has 1 aliphatic heterocycles. The highest BCUT2D eigenvalue weighted by atomic mass is 16.3. The number of hydrogen-bond acceptors (Lipinski definition) is 5. The molecule has 37 heavy (non-hydrogen) atoms. The number of allylic oxidation sites excluding steroid dienone is 2. The lowest BCUT2D eigenvalue weighted by Gasteiger charge is -2.39. The first-order valence-corrected chi connectivity index (χ1v) is 13.3. The van der Waals surface area contributed by atoms with E-state index in [2.05, 4.69) is 76.9 Å². The molecule has 4 rings (SSSR count). The predicted octanol–water partition coefficient (Wildman–Crippen LogP) is 4.12. The van der Waals surface area contributed by atoms with Crippen molar-refractivity contribution < 1.29 is 9.90 Å². The van der Waals surface area contributed by atoms with Crippen molar-refractivity contribution in [2.24, 2.45) is 5.41 Å². The number of rotatable bonds is 8. The van der Waals surface area contributed by atoms with Gasteiger partial charge in [-0.2, -0.15) is 0 Å². The zero-order chi connectivity index (χ0) is 26.6. The summed E-state index contributed by atoms with van der Waals surface area (Å²) in [5, 5.41) is 12.3. The van der Waals surface area contributed by atoms with Crippen LogP contribution in [-0.4, -0.2) is 76.7 Å². The van der Waals surface area contributed by atoms with E-state index >= 15 is 0 Å². The minimum Gasteiger partial charge on any atom is -0.395 e. The van der Waals surface area contributed by atoms with Crippen LogP contribution in [0.15, 0.2) is 30.5 Å². The number of β-amino-alcohol motifs (C(OH)–C–C–N with tert-alkyl or cyclic N) is 1. The minimum atomic E-state index is -0.299. The molecule has 0 atom stereocenters. The average Bonchev–Trinajstić information content (AvgIpc) is 3.35. The highest BCUT2D eigenvalue weighted by Gasteiger charge is 2.29. The third-order valence-electron chi connectivity index (χ3n) is 7.81. The number of aromatic amines is 1. The Kier molecular flexibility index (Phi) is 8.23. The van der Waals surface area contributed by atoms with Gasteiger partial charge in [0.2, 0.25) is 0 Å². The number of aromatic nitrogens is 2. The maximum Gasteiger partial charge on any atom is 0.291 e. The molecule has 7 nitrogen and oxygen atoms in total. The molecule has 2 aromatic rings. The number of aliphatic hydroxyl groups is 1. The molecule has 0 radical (unpaired) electrons. The molecular weight excluding hydrogens is 462 g/mol. The lowest BCUT2D eigenvalue weighted by Crippen LogP contribution is -2.50. The van der Waals surface area contributed by atoms with Gasteiger partial charge in [-0.3, -0.25) is 14.6 Å².